The molecule has 0 unspecified atom stereocenters. The summed E-state index contributed by atoms with van der Waals surface area (Å²) in [5, 5.41) is 11.6. The van der Waals surface area contributed by atoms with Crippen molar-refractivity contribution in [2.24, 2.45) is 0 Å². The van der Waals surface area contributed by atoms with Crippen LogP contribution in [0.15, 0.2) is 18.2 Å². The summed E-state index contributed by atoms with van der Waals surface area (Å²) >= 11 is 0. The van der Waals surface area contributed by atoms with Crippen LogP contribution in [0.3, 0.4) is 0 Å². The minimum atomic E-state index is -0.594. The lowest BCUT2D eigenvalue weighted by atomic mass is 10.2. The molecule has 0 bridgehead atoms. The Morgan fingerprint density at radius 1 is 1.32 bits per heavy atom. The molecule has 2 aliphatic rings. The molecule has 2 aliphatic heterocycles. The van der Waals surface area contributed by atoms with Crippen molar-refractivity contribution in [3.63, 3.8) is 0 Å². The molecular weight excluding hydrogens is 327 g/mol. The lowest BCUT2D eigenvalue weighted by molar-refractivity contribution is -0.0992. The average Bonchev–Trinajstić information content (AvgIpc) is 2.64. The molecule has 0 aliphatic carbocycles. The summed E-state index contributed by atoms with van der Waals surface area (Å²) in [5.74, 6) is -0.594. The zero-order valence-electron chi connectivity index (χ0n) is 13.9. The van der Waals surface area contributed by atoms with Gasteiger partial charge in [-0.25, -0.2) is 9.18 Å². The highest BCUT2D eigenvalue weighted by Gasteiger charge is 2.24. The Kier molecular flexibility index (Phi) is 5.81. The zero-order chi connectivity index (χ0) is 17.6. The molecule has 134 valence electrons. The number of benzene rings is 1. The molecule has 2 amide bonds. The number of hydrogen-bond donors (Lipinski definition) is 1. The quantitative estimate of drug-likeness (QED) is 0.890. The van der Waals surface area contributed by atoms with Crippen LogP contribution in [0.4, 0.5) is 14.9 Å². The van der Waals surface area contributed by atoms with Crippen molar-refractivity contribution >= 4 is 11.7 Å². The molecule has 1 atom stereocenters. The van der Waals surface area contributed by atoms with Crippen molar-refractivity contribution in [3.8, 4) is 6.07 Å². The third-order valence-electron chi connectivity index (χ3n) is 4.34. The minimum absolute atomic E-state index is 0.0858. The number of carbonyl (C=O) groups excluding carboxylic acids is 1. The highest BCUT2D eigenvalue weighted by Crippen LogP contribution is 2.15. The van der Waals surface area contributed by atoms with Gasteiger partial charge in [-0.1, -0.05) is 0 Å². The number of urea groups is 1. The monoisotopic (exact) mass is 348 g/mol. The van der Waals surface area contributed by atoms with E-state index >= 15 is 0 Å². The number of amides is 2. The van der Waals surface area contributed by atoms with E-state index in [1.54, 1.807) is 11.0 Å². The number of piperazine rings is 1. The van der Waals surface area contributed by atoms with Gasteiger partial charge in [-0.3, -0.25) is 4.90 Å². The first-order valence-electron chi connectivity index (χ1n) is 8.33. The van der Waals surface area contributed by atoms with Crippen LogP contribution < -0.4 is 5.32 Å². The van der Waals surface area contributed by atoms with Crippen LogP contribution in [0, 0.1) is 17.1 Å². The predicted octanol–water partition coefficient (Wildman–Crippen LogP) is 1.26. The van der Waals surface area contributed by atoms with Crippen LogP contribution in [-0.4, -0.2) is 74.5 Å². The molecule has 7 nitrogen and oxygen atoms in total. The van der Waals surface area contributed by atoms with Gasteiger partial charge in [0.25, 0.3) is 0 Å². The van der Waals surface area contributed by atoms with Gasteiger partial charge in [0, 0.05) is 38.4 Å². The first kappa shape index (κ1) is 17.6. The SMILES string of the molecule is N#Cc1cc(NC(=O)N2CCN(C[C@@H]3COCCO3)CC2)ccc1F. The fraction of sp³-hybridized carbons (Fsp3) is 0.529. The minimum Gasteiger partial charge on any atom is -0.376 e. The fourth-order valence-electron chi connectivity index (χ4n) is 2.95. The van der Waals surface area contributed by atoms with Crippen molar-refractivity contribution in [2.75, 3.05) is 57.9 Å². The molecule has 2 heterocycles. The summed E-state index contributed by atoms with van der Waals surface area (Å²) in [6.07, 6.45) is 0.0951. The maximum Gasteiger partial charge on any atom is 0.321 e. The van der Waals surface area contributed by atoms with Crippen molar-refractivity contribution in [1.29, 1.82) is 5.26 Å². The first-order chi connectivity index (χ1) is 12.2. The second kappa shape index (κ2) is 8.25. The van der Waals surface area contributed by atoms with Gasteiger partial charge < -0.3 is 19.7 Å². The Bertz CT molecular complexity index is 650. The molecule has 25 heavy (non-hydrogen) atoms. The van der Waals surface area contributed by atoms with E-state index in [2.05, 4.69) is 10.2 Å². The third kappa shape index (κ3) is 4.66. The molecule has 0 spiro atoms. The Morgan fingerprint density at radius 2 is 2.12 bits per heavy atom. The van der Waals surface area contributed by atoms with E-state index in [1.807, 2.05) is 0 Å². The fourth-order valence-corrected chi connectivity index (χ4v) is 2.95. The van der Waals surface area contributed by atoms with Crippen molar-refractivity contribution < 1.29 is 18.7 Å². The van der Waals surface area contributed by atoms with Crippen LogP contribution >= 0.6 is 0 Å². The van der Waals surface area contributed by atoms with E-state index in [-0.39, 0.29) is 17.7 Å². The molecule has 1 aromatic carbocycles. The molecule has 2 saturated heterocycles. The van der Waals surface area contributed by atoms with E-state index < -0.39 is 5.82 Å². The standard InChI is InChI=1S/C17H21FN4O3/c18-16-2-1-14(9-13(16)10-19)20-17(23)22-5-3-21(4-6-22)11-15-12-24-7-8-25-15/h1-2,9,15H,3-8,11-12H2,(H,20,23)/t15-/m1/s1. The molecule has 3 rings (SSSR count). The van der Waals surface area contributed by atoms with Crippen molar-refractivity contribution in [2.45, 2.75) is 6.10 Å². The largest absolute Gasteiger partial charge is 0.376 e. The van der Waals surface area contributed by atoms with Gasteiger partial charge in [-0.2, -0.15) is 5.26 Å². The lowest BCUT2D eigenvalue weighted by Gasteiger charge is -2.37. The zero-order valence-corrected chi connectivity index (χ0v) is 13.9. The topological polar surface area (TPSA) is 77.8 Å². The number of anilines is 1. The second-order valence-corrected chi connectivity index (χ2v) is 6.09. The predicted molar refractivity (Wildman–Crippen MR) is 88.7 cm³/mol. The normalized spacial score (nSPS) is 21.6. The summed E-state index contributed by atoms with van der Waals surface area (Å²) in [6.45, 7) is 5.44. The maximum absolute atomic E-state index is 13.3. The summed E-state index contributed by atoms with van der Waals surface area (Å²) in [7, 11) is 0. The number of nitrogens with one attached hydrogen (secondary N) is 1. The second-order valence-electron chi connectivity index (χ2n) is 6.09. The van der Waals surface area contributed by atoms with E-state index in [0.717, 1.165) is 19.6 Å². The van der Waals surface area contributed by atoms with Gasteiger partial charge in [0.05, 0.1) is 31.5 Å². The molecule has 2 fully saturated rings. The van der Waals surface area contributed by atoms with Gasteiger partial charge in [0.1, 0.15) is 11.9 Å². The maximum atomic E-state index is 13.3. The summed E-state index contributed by atoms with van der Waals surface area (Å²) in [4.78, 5) is 16.3. The molecule has 0 aromatic heterocycles. The number of ether oxygens (including phenoxy) is 2. The van der Waals surface area contributed by atoms with Crippen LogP contribution in [-0.2, 0) is 9.47 Å². The molecule has 0 radical (unpaired) electrons. The smallest absolute Gasteiger partial charge is 0.321 e. The lowest BCUT2D eigenvalue weighted by Crippen LogP contribution is -2.52. The Morgan fingerprint density at radius 3 is 2.80 bits per heavy atom. The van der Waals surface area contributed by atoms with E-state index in [4.69, 9.17) is 14.7 Å². The van der Waals surface area contributed by atoms with Gasteiger partial charge >= 0.3 is 6.03 Å². The summed E-state index contributed by atoms with van der Waals surface area (Å²) in [6, 6.07) is 5.49. The molecule has 8 heteroatoms. The number of halogens is 1. The van der Waals surface area contributed by atoms with Crippen LogP contribution in [0.1, 0.15) is 5.56 Å². The van der Waals surface area contributed by atoms with Gasteiger partial charge in [0.15, 0.2) is 0 Å². The first-order valence-corrected chi connectivity index (χ1v) is 8.33. The number of carbonyl (C=O) groups is 1. The molecular formula is C17H21FN4O3. The number of nitrogens with zero attached hydrogens (tertiary/aromatic N) is 3. The van der Waals surface area contributed by atoms with E-state index in [9.17, 15) is 9.18 Å². The van der Waals surface area contributed by atoms with Gasteiger partial charge in [-0.05, 0) is 18.2 Å². The van der Waals surface area contributed by atoms with E-state index in [0.29, 0.717) is 38.6 Å². The van der Waals surface area contributed by atoms with E-state index in [1.165, 1.54) is 18.2 Å². The highest BCUT2D eigenvalue weighted by molar-refractivity contribution is 5.89. The van der Waals surface area contributed by atoms with Gasteiger partial charge in [0.2, 0.25) is 0 Å². The summed E-state index contributed by atoms with van der Waals surface area (Å²) in [5.41, 5.74) is 0.329. The van der Waals surface area contributed by atoms with Crippen molar-refractivity contribution in [1.82, 2.24) is 9.80 Å². The molecule has 1 aromatic rings. The number of hydrogen-bond acceptors (Lipinski definition) is 5. The average molecular weight is 348 g/mol. The van der Waals surface area contributed by atoms with Crippen LogP contribution in [0.2, 0.25) is 0 Å². The number of rotatable bonds is 3. The van der Waals surface area contributed by atoms with Crippen molar-refractivity contribution in [3.05, 3.63) is 29.6 Å². The number of nitriles is 1. The summed E-state index contributed by atoms with van der Waals surface area (Å²) < 4.78 is 24.4. The van der Waals surface area contributed by atoms with Crippen LogP contribution in [0.5, 0.6) is 0 Å². The Balaban J connectivity index is 1.47. The van der Waals surface area contributed by atoms with Gasteiger partial charge in [-0.15, -0.1) is 0 Å². The molecule has 1 N–H and O–H groups in total. The Labute approximate surface area is 145 Å². The highest BCUT2D eigenvalue weighted by atomic mass is 19.1. The Hall–Kier alpha value is -2.21. The molecule has 0 saturated carbocycles. The third-order valence-corrected chi connectivity index (χ3v) is 4.34. The van der Waals surface area contributed by atoms with Crippen LogP contribution in [0.25, 0.3) is 0 Å².